The Bertz CT molecular complexity index is 611. The van der Waals surface area contributed by atoms with Crippen molar-refractivity contribution < 1.29 is 18.7 Å². The van der Waals surface area contributed by atoms with Gasteiger partial charge in [-0.3, -0.25) is 4.79 Å². The first-order valence-electron chi connectivity index (χ1n) is 5.90. The van der Waals surface area contributed by atoms with Crippen LogP contribution in [0.1, 0.15) is 23.0 Å². The highest BCUT2D eigenvalue weighted by molar-refractivity contribution is 9.10. The summed E-state index contributed by atoms with van der Waals surface area (Å²) in [4.78, 5) is 12.0. The number of carbonyl (C=O) groups excluding carboxylic acids is 1. The fraction of sp³-hybridized carbons (Fsp3) is 0.214. The van der Waals surface area contributed by atoms with Crippen LogP contribution in [-0.4, -0.2) is 17.6 Å². The number of furan rings is 1. The van der Waals surface area contributed by atoms with E-state index in [1.807, 2.05) is 0 Å². The molecular formula is C14H13BrFNO3. The van der Waals surface area contributed by atoms with Gasteiger partial charge in [-0.25, -0.2) is 4.39 Å². The molecular weight excluding hydrogens is 329 g/mol. The molecule has 0 aliphatic carbocycles. The minimum atomic E-state index is -1.33. The molecule has 20 heavy (non-hydrogen) atoms. The highest BCUT2D eigenvalue weighted by Gasteiger charge is 2.27. The zero-order valence-electron chi connectivity index (χ0n) is 10.7. The smallest absolute Gasteiger partial charge is 0.252 e. The van der Waals surface area contributed by atoms with Gasteiger partial charge in [-0.2, -0.15) is 0 Å². The normalized spacial score (nSPS) is 13.8. The fourth-order valence-electron chi connectivity index (χ4n) is 1.69. The first-order valence-corrected chi connectivity index (χ1v) is 6.69. The van der Waals surface area contributed by atoms with Crippen molar-refractivity contribution in [2.75, 3.05) is 6.54 Å². The molecule has 2 rings (SSSR count). The molecule has 0 fully saturated rings. The number of amides is 1. The first-order chi connectivity index (χ1) is 9.40. The van der Waals surface area contributed by atoms with Gasteiger partial charge in [-0.15, -0.1) is 0 Å². The molecule has 6 heteroatoms. The second-order valence-electron chi connectivity index (χ2n) is 4.56. The molecule has 0 spiro atoms. The number of benzene rings is 1. The van der Waals surface area contributed by atoms with Gasteiger partial charge in [0.15, 0.2) is 0 Å². The zero-order valence-corrected chi connectivity index (χ0v) is 12.3. The maximum absolute atomic E-state index is 13.1. The van der Waals surface area contributed by atoms with Gasteiger partial charge >= 0.3 is 0 Å². The van der Waals surface area contributed by atoms with Crippen molar-refractivity contribution in [1.82, 2.24) is 5.32 Å². The number of rotatable bonds is 4. The summed E-state index contributed by atoms with van der Waals surface area (Å²) in [5.74, 6) is -0.643. The number of hydrogen-bond acceptors (Lipinski definition) is 3. The Morgan fingerprint density at radius 3 is 2.90 bits per heavy atom. The third-order valence-electron chi connectivity index (χ3n) is 2.82. The lowest BCUT2D eigenvalue weighted by Gasteiger charge is -2.21. The molecule has 1 heterocycles. The predicted octanol–water partition coefficient (Wildman–Crippen LogP) is 2.82. The monoisotopic (exact) mass is 341 g/mol. The van der Waals surface area contributed by atoms with Gasteiger partial charge in [0.05, 0.1) is 18.4 Å². The fourth-order valence-corrected chi connectivity index (χ4v) is 2.12. The molecule has 0 aliphatic rings. The van der Waals surface area contributed by atoms with Crippen molar-refractivity contribution in [2.24, 2.45) is 0 Å². The lowest BCUT2D eigenvalue weighted by atomic mass is 10.0. The molecule has 1 atom stereocenters. The SMILES string of the molecule is CC(O)(CNC(=O)c1cc(F)ccc1Br)c1ccco1. The van der Waals surface area contributed by atoms with Gasteiger partial charge in [0, 0.05) is 4.47 Å². The largest absolute Gasteiger partial charge is 0.466 e. The number of aliphatic hydroxyl groups is 1. The molecule has 1 unspecified atom stereocenters. The minimum absolute atomic E-state index is 0.0533. The summed E-state index contributed by atoms with van der Waals surface area (Å²) < 4.78 is 18.7. The number of carbonyl (C=O) groups is 1. The summed E-state index contributed by atoms with van der Waals surface area (Å²) in [5, 5.41) is 12.8. The molecule has 2 aromatic rings. The molecule has 1 amide bonds. The van der Waals surface area contributed by atoms with Gasteiger partial charge in [-0.1, -0.05) is 0 Å². The van der Waals surface area contributed by atoms with E-state index in [9.17, 15) is 14.3 Å². The van der Waals surface area contributed by atoms with Crippen LogP contribution in [0.4, 0.5) is 4.39 Å². The molecule has 106 valence electrons. The summed E-state index contributed by atoms with van der Waals surface area (Å²) in [6.45, 7) is 1.47. The lowest BCUT2D eigenvalue weighted by Crippen LogP contribution is -2.38. The maximum atomic E-state index is 13.1. The Morgan fingerprint density at radius 1 is 1.50 bits per heavy atom. The van der Waals surface area contributed by atoms with Gasteiger partial charge in [0.2, 0.25) is 0 Å². The van der Waals surface area contributed by atoms with Crippen LogP contribution in [0.3, 0.4) is 0 Å². The van der Waals surface area contributed by atoms with Crippen molar-refractivity contribution in [2.45, 2.75) is 12.5 Å². The van der Waals surface area contributed by atoms with Gasteiger partial charge < -0.3 is 14.8 Å². The van der Waals surface area contributed by atoms with Crippen LogP contribution in [0.2, 0.25) is 0 Å². The van der Waals surface area contributed by atoms with Crippen LogP contribution < -0.4 is 5.32 Å². The average Bonchev–Trinajstić information content (AvgIpc) is 2.93. The molecule has 1 aromatic carbocycles. The van der Waals surface area contributed by atoms with Gasteiger partial charge in [0.25, 0.3) is 5.91 Å². The third-order valence-corrected chi connectivity index (χ3v) is 3.51. The van der Waals surface area contributed by atoms with Crippen LogP contribution in [0.25, 0.3) is 0 Å². The molecule has 1 aromatic heterocycles. The lowest BCUT2D eigenvalue weighted by molar-refractivity contribution is 0.0330. The Kier molecular flexibility index (Phi) is 4.25. The minimum Gasteiger partial charge on any atom is -0.466 e. The number of halogens is 2. The Hall–Kier alpha value is -1.66. The molecule has 0 bridgehead atoms. The van der Waals surface area contributed by atoms with E-state index >= 15 is 0 Å². The molecule has 0 saturated carbocycles. The quantitative estimate of drug-likeness (QED) is 0.898. The summed E-state index contributed by atoms with van der Waals surface area (Å²) in [6, 6.07) is 7.09. The van der Waals surface area contributed by atoms with Crippen molar-refractivity contribution in [3.8, 4) is 0 Å². The van der Waals surface area contributed by atoms with Crippen molar-refractivity contribution in [3.05, 3.63) is 58.2 Å². The Morgan fingerprint density at radius 2 is 2.25 bits per heavy atom. The van der Waals surface area contributed by atoms with Crippen molar-refractivity contribution in [3.63, 3.8) is 0 Å². The second-order valence-corrected chi connectivity index (χ2v) is 5.41. The topological polar surface area (TPSA) is 62.5 Å². The molecule has 4 nitrogen and oxygen atoms in total. The predicted molar refractivity (Wildman–Crippen MR) is 74.7 cm³/mol. The summed E-state index contributed by atoms with van der Waals surface area (Å²) in [7, 11) is 0. The van der Waals surface area contributed by atoms with E-state index < -0.39 is 17.3 Å². The second kappa shape index (κ2) is 5.76. The Balaban J connectivity index is 2.07. The van der Waals surface area contributed by atoms with Gasteiger partial charge in [0.1, 0.15) is 17.2 Å². The van der Waals surface area contributed by atoms with Crippen LogP contribution in [0.5, 0.6) is 0 Å². The molecule has 0 radical (unpaired) electrons. The average molecular weight is 342 g/mol. The maximum Gasteiger partial charge on any atom is 0.252 e. The molecule has 2 N–H and O–H groups in total. The zero-order chi connectivity index (χ0) is 14.8. The van der Waals surface area contributed by atoms with Crippen LogP contribution in [0.15, 0.2) is 45.5 Å². The number of hydrogen-bond donors (Lipinski definition) is 2. The third kappa shape index (κ3) is 3.26. The van der Waals surface area contributed by atoms with Crippen molar-refractivity contribution in [1.29, 1.82) is 0 Å². The van der Waals surface area contributed by atoms with Gasteiger partial charge in [-0.05, 0) is 53.2 Å². The van der Waals surface area contributed by atoms with Crippen molar-refractivity contribution >= 4 is 21.8 Å². The summed E-state index contributed by atoms with van der Waals surface area (Å²) in [5.41, 5.74) is -1.17. The Labute approximate surface area is 123 Å². The summed E-state index contributed by atoms with van der Waals surface area (Å²) >= 11 is 3.18. The highest BCUT2D eigenvalue weighted by Crippen LogP contribution is 2.21. The first kappa shape index (κ1) is 14.7. The summed E-state index contributed by atoms with van der Waals surface area (Å²) in [6.07, 6.45) is 1.44. The van der Waals surface area contributed by atoms with Crippen LogP contribution >= 0.6 is 15.9 Å². The molecule has 0 aliphatic heterocycles. The van der Waals surface area contributed by atoms with Crippen LogP contribution in [0, 0.1) is 5.82 Å². The standard InChI is InChI=1S/C14H13BrFNO3/c1-14(19,12-3-2-6-20-12)8-17-13(18)10-7-9(16)4-5-11(10)15/h2-7,19H,8H2,1H3,(H,17,18). The molecule has 0 saturated heterocycles. The van der Waals surface area contributed by atoms with E-state index in [-0.39, 0.29) is 12.1 Å². The highest BCUT2D eigenvalue weighted by atomic mass is 79.9. The van der Waals surface area contributed by atoms with Crippen LogP contribution in [-0.2, 0) is 5.60 Å². The van der Waals surface area contributed by atoms with E-state index in [4.69, 9.17) is 4.42 Å². The van der Waals surface area contributed by atoms with E-state index in [0.29, 0.717) is 10.2 Å². The number of nitrogens with one attached hydrogen (secondary N) is 1. The van der Waals surface area contributed by atoms with E-state index in [2.05, 4.69) is 21.2 Å². The van der Waals surface area contributed by atoms with E-state index in [1.54, 1.807) is 12.1 Å². The van der Waals surface area contributed by atoms with E-state index in [0.717, 1.165) is 6.07 Å². The van der Waals surface area contributed by atoms with E-state index in [1.165, 1.54) is 25.3 Å².